The predicted octanol–water partition coefficient (Wildman–Crippen LogP) is 3.88. The van der Waals surface area contributed by atoms with Crippen LogP contribution < -0.4 is 0 Å². The van der Waals surface area contributed by atoms with Gasteiger partial charge in [-0.25, -0.2) is 0 Å². The molecule has 13 heavy (non-hydrogen) atoms. The number of carbonyl (C=O) groups is 1. The van der Waals surface area contributed by atoms with E-state index < -0.39 is 0 Å². The third-order valence-electron chi connectivity index (χ3n) is 1.69. The normalized spacial score (nSPS) is 11.8. The van der Waals surface area contributed by atoms with E-state index >= 15 is 0 Å². The lowest BCUT2D eigenvalue weighted by Gasteiger charge is -1.93. The molecule has 0 unspecified atom stereocenters. The third kappa shape index (κ3) is 2.78. The van der Waals surface area contributed by atoms with Crippen LogP contribution in [0.5, 0.6) is 0 Å². The fourth-order valence-electron chi connectivity index (χ4n) is 1.10. The number of aldehydes is 1. The first-order valence-corrected chi connectivity index (χ1v) is 5.70. The number of aryl methyl sites for hydroxylation is 1. The lowest BCUT2D eigenvalue weighted by atomic mass is 10.2. The van der Waals surface area contributed by atoms with E-state index in [9.17, 15) is 4.79 Å². The highest BCUT2D eigenvalue weighted by molar-refractivity contribution is 9.11. The molecule has 0 bridgehead atoms. The molecule has 0 saturated carbocycles. The zero-order chi connectivity index (χ0) is 9.84. The molecule has 0 aromatic carbocycles. The number of rotatable bonds is 3. The van der Waals surface area contributed by atoms with Crippen molar-refractivity contribution in [2.45, 2.75) is 20.3 Å². The van der Waals surface area contributed by atoms with Crippen LogP contribution in [0.15, 0.2) is 10.5 Å². The van der Waals surface area contributed by atoms with Crippen LogP contribution in [-0.2, 0) is 6.42 Å². The summed E-state index contributed by atoms with van der Waals surface area (Å²) >= 11 is 4.92. The highest BCUT2D eigenvalue weighted by atomic mass is 79.9. The molecule has 1 aromatic heterocycles. The van der Waals surface area contributed by atoms with Crippen LogP contribution in [0.3, 0.4) is 0 Å². The smallest absolute Gasteiger partial charge is 0.160 e. The first-order chi connectivity index (χ1) is 6.17. The number of allylic oxidation sites excluding steroid dienone is 1. The average molecular weight is 259 g/mol. The summed E-state index contributed by atoms with van der Waals surface area (Å²) in [6.45, 7) is 4.08. The summed E-state index contributed by atoms with van der Waals surface area (Å²) in [6, 6.07) is 1.96. The van der Waals surface area contributed by atoms with E-state index in [4.69, 9.17) is 0 Å². The van der Waals surface area contributed by atoms with Crippen LogP contribution in [0, 0.1) is 0 Å². The number of hydrogen-bond acceptors (Lipinski definition) is 2. The molecule has 70 valence electrons. The zero-order valence-corrected chi connectivity index (χ0v) is 10.0. The van der Waals surface area contributed by atoms with Gasteiger partial charge in [0.2, 0.25) is 0 Å². The lowest BCUT2D eigenvalue weighted by molar-refractivity contribution is 0.112. The van der Waals surface area contributed by atoms with Gasteiger partial charge in [0.15, 0.2) is 6.29 Å². The molecule has 0 radical (unpaired) electrons. The van der Waals surface area contributed by atoms with Gasteiger partial charge in [0.05, 0.1) is 4.88 Å². The zero-order valence-electron chi connectivity index (χ0n) is 7.63. The first-order valence-electron chi connectivity index (χ1n) is 4.09. The predicted molar refractivity (Wildman–Crippen MR) is 61.7 cm³/mol. The fourth-order valence-corrected chi connectivity index (χ4v) is 2.56. The lowest BCUT2D eigenvalue weighted by Crippen LogP contribution is -1.77. The van der Waals surface area contributed by atoms with Crippen LogP contribution in [-0.4, -0.2) is 6.29 Å². The van der Waals surface area contributed by atoms with Crippen LogP contribution >= 0.6 is 27.3 Å². The van der Waals surface area contributed by atoms with Crippen LogP contribution in [0.1, 0.15) is 34.0 Å². The van der Waals surface area contributed by atoms with E-state index in [2.05, 4.69) is 28.9 Å². The number of carbonyl (C=O) groups excluding carboxylic acids is 1. The van der Waals surface area contributed by atoms with Gasteiger partial charge in [-0.3, -0.25) is 4.79 Å². The highest BCUT2D eigenvalue weighted by Gasteiger charge is 2.04. The molecule has 0 aliphatic carbocycles. The molecule has 0 amide bonds. The summed E-state index contributed by atoms with van der Waals surface area (Å²) in [6.07, 6.45) is 3.93. The minimum atomic E-state index is 0.803. The van der Waals surface area contributed by atoms with E-state index in [0.717, 1.165) is 22.1 Å². The Balaban J connectivity index is 3.11. The Bertz CT molecular complexity index is 335. The summed E-state index contributed by atoms with van der Waals surface area (Å²) in [4.78, 5) is 12.5. The van der Waals surface area contributed by atoms with E-state index in [1.165, 1.54) is 21.8 Å². The van der Waals surface area contributed by atoms with Crippen molar-refractivity contribution in [3.63, 3.8) is 0 Å². The summed E-state index contributed by atoms with van der Waals surface area (Å²) in [5.74, 6) is 0. The second-order valence-corrected chi connectivity index (χ2v) is 5.11. The molecule has 3 heteroatoms. The van der Waals surface area contributed by atoms with Crippen LogP contribution in [0.4, 0.5) is 0 Å². The van der Waals surface area contributed by atoms with E-state index in [-0.39, 0.29) is 0 Å². The second-order valence-electron chi connectivity index (χ2n) is 2.74. The van der Waals surface area contributed by atoms with Crippen molar-refractivity contribution in [3.05, 3.63) is 25.9 Å². The molecule has 0 aliphatic heterocycles. The van der Waals surface area contributed by atoms with Crippen LogP contribution in [0.2, 0.25) is 0 Å². The van der Waals surface area contributed by atoms with Gasteiger partial charge in [0.1, 0.15) is 0 Å². The Hall–Kier alpha value is -0.410. The number of hydrogen-bond donors (Lipinski definition) is 0. The molecule has 0 aliphatic rings. The summed E-state index contributed by atoms with van der Waals surface area (Å²) in [5.41, 5.74) is 1.24. The van der Waals surface area contributed by atoms with E-state index in [1.807, 2.05) is 13.0 Å². The SMILES string of the molecule is CCc1cc(C=O)sc1/C=C(\C)Br. The minimum Gasteiger partial charge on any atom is -0.297 e. The molecular weight excluding hydrogens is 248 g/mol. The molecule has 1 heterocycles. The molecule has 1 aromatic rings. The van der Waals surface area contributed by atoms with Crippen molar-refractivity contribution in [1.29, 1.82) is 0 Å². The number of halogens is 1. The molecular formula is C10H11BrOS. The highest BCUT2D eigenvalue weighted by Crippen LogP contribution is 2.25. The summed E-state index contributed by atoms with van der Waals surface area (Å²) in [5, 5.41) is 0. The average Bonchev–Trinajstić information content (AvgIpc) is 2.46. The quantitative estimate of drug-likeness (QED) is 0.753. The number of thiophene rings is 1. The maximum absolute atomic E-state index is 10.6. The van der Waals surface area contributed by atoms with Crippen molar-refractivity contribution < 1.29 is 4.79 Å². The second kappa shape index (κ2) is 4.72. The summed E-state index contributed by atoms with van der Waals surface area (Å²) < 4.78 is 1.08. The molecule has 0 spiro atoms. The monoisotopic (exact) mass is 258 g/mol. The van der Waals surface area contributed by atoms with Crippen molar-refractivity contribution in [2.75, 3.05) is 0 Å². The van der Waals surface area contributed by atoms with Gasteiger partial charge < -0.3 is 0 Å². The molecule has 0 atom stereocenters. The minimum absolute atomic E-state index is 0.803. The fraction of sp³-hybridized carbons (Fsp3) is 0.300. The van der Waals surface area contributed by atoms with Gasteiger partial charge in [0, 0.05) is 4.88 Å². The molecule has 0 fully saturated rings. The Morgan fingerprint density at radius 3 is 2.85 bits per heavy atom. The Kier molecular flexibility index (Phi) is 3.88. The maximum atomic E-state index is 10.6. The van der Waals surface area contributed by atoms with Gasteiger partial charge in [0.25, 0.3) is 0 Å². The molecule has 0 N–H and O–H groups in total. The van der Waals surface area contributed by atoms with E-state index in [1.54, 1.807) is 0 Å². The van der Waals surface area contributed by atoms with Gasteiger partial charge >= 0.3 is 0 Å². The van der Waals surface area contributed by atoms with Gasteiger partial charge in [-0.15, -0.1) is 11.3 Å². The van der Waals surface area contributed by atoms with Crippen molar-refractivity contribution >= 4 is 39.6 Å². The van der Waals surface area contributed by atoms with Crippen molar-refractivity contribution in [2.24, 2.45) is 0 Å². The molecule has 0 saturated heterocycles. The largest absolute Gasteiger partial charge is 0.297 e. The summed E-state index contributed by atoms with van der Waals surface area (Å²) in [7, 11) is 0. The molecule has 1 nitrogen and oxygen atoms in total. The van der Waals surface area contributed by atoms with Crippen molar-refractivity contribution in [3.8, 4) is 0 Å². The Labute approximate surface area is 90.6 Å². The molecule has 1 rings (SSSR count). The van der Waals surface area contributed by atoms with Gasteiger partial charge in [-0.05, 0) is 35.5 Å². The topological polar surface area (TPSA) is 17.1 Å². The Morgan fingerprint density at radius 2 is 2.38 bits per heavy atom. The third-order valence-corrected chi connectivity index (χ3v) is 2.97. The maximum Gasteiger partial charge on any atom is 0.160 e. The standard InChI is InChI=1S/C10H11BrOS/c1-3-8-5-9(6-12)13-10(8)4-7(2)11/h4-6H,3H2,1-2H3/b7-4+. The van der Waals surface area contributed by atoms with E-state index in [0.29, 0.717) is 0 Å². The Morgan fingerprint density at radius 1 is 1.69 bits per heavy atom. The van der Waals surface area contributed by atoms with Gasteiger partial charge in [-0.2, -0.15) is 0 Å². The van der Waals surface area contributed by atoms with Crippen molar-refractivity contribution in [1.82, 2.24) is 0 Å². The van der Waals surface area contributed by atoms with Gasteiger partial charge in [-0.1, -0.05) is 22.9 Å². The van der Waals surface area contributed by atoms with Crippen LogP contribution in [0.25, 0.3) is 6.08 Å². The first kappa shape index (κ1) is 10.7.